The number of piperidine rings is 1. The summed E-state index contributed by atoms with van der Waals surface area (Å²) < 4.78 is 5.29. The van der Waals surface area contributed by atoms with Crippen molar-refractivity contribution >= 4 is 0 Å². The molecule has 2 rings (SSSR count). The fourth-order valence-electron chi connectivity index (χ4n) is 2.31. The van der Waals surface area contributed by atoms with E-state index >= 15 is 0 Å². The molecule has 0 radical (unpaired) electrons. The van der Waals surface area contributed by atoms with Crippen LogP contribution in [0.15, 0.2) is 22.8 Å². The van der Waals surface area contributed by atoms with Crippen molar-refractivity contribution in [2.24, 2.45) is 0 Å². The van der Waals surface area contributed by atoms with Gasteiger partial charge in [-0.05, 0) is 38.9 Å². The second-order valence-electron chi connectivity index (χ2n) is 4.76. The molecule has 2 atom stereocenters. The molecule has 1 fully saturated rings. The number of hydrogen-bond donors (Lipinski definition) is 1. The van der Waals surface area contributed by atoms with Crippen molar-refractivity contribution < 1.29 is 9.52 Å². The fourth-order valence-corrected chi connectivity index (χ4v) is 2.31. The summed E-state index contributed by atoms with van der Waals surface area (Å²) in [7, 11) is 2.11. The van der Waals surface area contributed by atoms with Crippen molar-refractivity contribution in [2.75, 3.05) is 13.6 Å². The Morgan fingerprint density at radius 1 is 1.67 bits per heavy atom. The Labute approximate surface area is 90.7 Å². The Kier molecular flexibility index (Phi) is 2.85. The Morgan fingerprint density at radius 2 is 2.47 bits per heavy atom. The van der Waals surface area contributed by atoms with E-state index in [1.165, 1.54) is 0 Å². The zero-order chi connectivity index (χ0) is 10.9. The van der Waals surface area contributed by atoms with Gasteiger partial charge in [0, 0.05) is 19.0 Å². The highest BCUT2D eigenvalue weighted by atomic mass is 16.3. The van der Waals surface area contributed by atoms with E-state index in [4.69, 9.17) is 4.42 Å². The van der Waals surface area contributed by atoms with E-state index in [9.17, 15) is 5.11 Å². The summed E-state index contributed by atoms with van der Waals surface area (Å²) >= 11 is 0. The van der Waals surface area contributed by atoms with Crippen LogP contribution in [0.1, 0.15) is 25.5 Å². The molecule has 2 unspecified atom stereocenters. The van der Waals surface area contributed by atoms with Crippen molar-refractivity contribution in [1.82, 2.24) is 4.90 Å². The fraction of sp³-hybridized carbons (Fsp3) is 0.667. The summed E-state index contributed by atoms with van der Waals surface area (Å²) in [5.74, 6) is 0.884. The quantitative estimate of drug-likeness (QED) is 0.805. The van der Waals surface area contributed by atoms with Gasteiger partial charge in [-0.3, -0.25) is 0 Å². The number of aliphatic hydroxyl groups is 1. The molecule has 1 aliphatic heterocycles. The number of furan rings is 1. The average Bonchev–Trinajstić information content (AvgIpc) is 2.64. The van der Waals surface area contributed by atoms with E-state index in [0.29, 0.717) is 12.5 Å². The molecule has 84 valence electrons. The number of rotatable bonds is 2. The summed E-state index contributed by atoms with van der Waals surface area (Å²) in [6.45, 7) is 3.12. The molecule has 3 heteroatoms. The first-order valence-electron chi connectivity index (χ1n) is 5.54. The van der Waals surface area contributed by atoms with E-state index < -0.39 is 5.60 Å². The molecular formula is C12H19NO2. The third-order valence-corrected chi connectivity index (χ3v) is 3.44. The van der Waals surface area contributed by atoms with Crippen molar-refractivity contribution in [3.05, 3.63) is 24.2 Å². The predicted octanol–water partition coefficient (Wildman–Crippen LogP) is 1.67. The highest BCUT2D eigenvalue weighted by Crippen LogP contribution is 2.29. The SMILES string of the molecule is CC1CC(O)(Cc2ccco2)CCN1C. The Hall–Kier alpha value is -0.800. The lowest BCUT2D eigenvalue weighted by atomic mass is 9.84. The first kappa shape index (κ1) is 10.7. The summed E-state index contributed by atoms with van der Waals surface area (Å²) in [5, 5.41) is 10.4. The van der Waals surface area contributed by atoms with Crippen LogP contribution in [0.2, 0.25) is 0 Å². The Morgan fingerprint density at radius 3 is 3.07 bits per heavy atom. The monoisotopic (exact) mass is 209 g/mol. The summed E-state index contributed by atoms with van der Waals surface area (Å²) in [5.41, 5.74) is -0.580. The minimum absolute atomic E-state index is 0.443. The molecule has 1 N–H and O–H groups in total. The van der Waals surface area contributed by atoms with Gasteiger partial charge in [0.05, 0.1) is 11.9 Å². The van der Waals surface area contributed by atoms with Crippen molar-refractivity contribution in [1.29, 1.82) is 0 Å². The number of nitrogens with zero attached hydrogens (tertiary/aromatic N) is 1. The van der Waals surface area contributed by atoms with Crippen LogP contribution in [0.25, 0.3) is 0 Å². The number of likely N-dealkylation sites (tertiary alicyclic amines) is 1. The van der Waals surface area contributed by atoms with Gasteiger partial charge < -0.3 is 14.4 Å². The van der Waals surface area contributed by atoms with E-state index in [1.54, 1.807) is 6.26 Å². The van der Waals surface area contributed by atoms with Gasteiger partial charge in [-0.1, -0.05) is 0 Å². The van der Waals surface area contributed by atoms with Gasteiger partial charge in [-0.25, -0.2) is 0 Å². The van der Waals surface area contributed by atoms with Crippen molar-refractivity contribution in [3.8, 4) is 0 Å². The van der Waals surface area contributed by atoms with Gasteiger partial charge in [0.1, 0.15) is 5.76 Å². The van der Waals surface area contributed by atoms with Crippen LogP contribution >= 0.6 is 0 Å². The van der Waals surface area contributed by atoms with Crippen molar-refractivity contribution in [2.45, 2.75) is 37.8 Å². The molecule has 15 heavy (non-hydrogen) atoms. The minimum atomic E-state index is -0.580. The molecule has 0 amide bonds. The molecule has 0 aromatic carbocycles. The third kappa shape index (κ3) is 2.41. The van der Waals surface area contributed by atoms with Crippen molar-refractivity contribution in [3.63, 3.8) is 0 Å². The highest BCUT2D eigenvalue weighted by molar-refractivity contribution is 5.04. The molecule has 1 aliphatic rings. The van der Waals surface area contributed by atoms with Gasteiger partial charge in [-0.2, -0.15) is 0 Å². The van der Waals surface area contributed by atoms with Gasteiger partial charge in [-0.15, -0.1) is 0 Å². The predicted molar refractivity (Wildman–Crippen MR) is 58.7 cm³/mol. The lowest BCUT2D eigenvalue weighted by Crippen LogP contribution is -2.48. The Balaban J connectivity index is 2.01. The second-order valence-corrected chi connectivity index (χ2v) is 4.76. The lowest BCUT2D eigenvalue weighted by molar-refractivity contribution is -0.0383. The molecule has 1 aromatic rings. The van der Waals surface area contributed by atoms with Gasteiger partial charge in [0.2, 0.25) is 0 Å². The maximum absolute atomic E-state index is 10.4. The topological polar surface area (TPSA) is 36.6 Å². The Bertz CT molecular complexity index is 309. The van der Waals surface area contributed by atoms with Crippen LogP contribution in [0.4, 0.5) is 0 Å². The van der Waals surface area contributed by atoms with E-state index in [1.807, 2.05) is 12.1 Å². The standard InChI is InChI=1S/C12H19NO2/c1-10-8-12(14,5-6-13(10)2)9-11-4-3-7-15-11/h3-4,7,10,14H,5-6,8-9H2,1-2H3. The molecule has 0 bridgehead atoms. The summed E-state index contributed by atoms with van der Waals surface area (Å²) in [6, 6.07) is 4.25. The van der Waals surface area contributed by atoms with Gasteiger partial charge >= 0.3 is 0 Å². The lowest BCUT2D eigenvalue weighted by Gasteiger charge is -2.40. The third-order valence-electron chi connectivity index (χ3n) is 3.44. The molecule has 0 saturated carbocycles. The van der Waals surface area contributed by atoms with Crippen LogP contribution in [-0.2, 0) is 6.42 Å². The smallest absolute Gasteiger partial charge is 0.106 e. The molecular weight excluding hydrogens is 190 g/mol. The van der Waals surface area contributed by atoms with Crippen LogP contribution in [0.3, 0.4) is 0 Å². The molecule has 3 nitrogen and oxygen atoms in total. The summed E-state index contributed by atoms with van der Waals surface area (Å²) in [6.07, 6.45) is 3.95. The van der Waals surface area contributed by atoms with Crippen LogP contribution < -0.4 is 0 Å². The maximum Gasteiger partial charge on any atom is 0.106 e. The normalized spacial score (nSPS) is 33.1. The van der Waals surface area contributed by atoms with Gasteiger partial charge in [0.15, 0.2) is 0 Å². The van der Waals surface area contributed by atoms with E-state index in [2.05, 4.69) is 18.9 Å². The first-order valence-corrected chi connectivity index (χ1v) is 5.54. The van der Waals surface area contributed by atoms with Gasteiger partial charge in [0.25, 0.3) is 0 Å². The molecule has 1 aromatic heterocycles. The number of hydrogen-bond acceptors (Lipinski definition) is 3. The zero-order valence-corrected chi connectivity index (χ0v) is 9.44. The van der Waals surface area contributed by atoms with Crippen LogP contribution in [0.5, 0.6) is 0 Å². The zero-order valence-electron chi connectivity index (χ0n) is 9.44. The maximum atomic E-state index is 10.4. The summed E-state index contributed by atoms with van der Waals surface area (Å²) in [4.78, 5) is 2.29. The first-order chi connectivity index (χ1) is 7.09. The van der Waals surface area contributed by atoms with Crippen LogP contribution in [-0.4, -0.2) is 35.2 Å². The largest absolute Gasteiger partial charge is 0.469 e. The van der Waals surface area contributed by atoms with E-state index in [0.717, 1.165) is 25.1 Å². The van der Waals surface area contributed by atoms with E-state index in [-0.39, 0.29) is 0 Å². The highest BCUT2D eigenvalue weighted by Gasteiger charge is 2.35. The molecule has 2 heterocycles. The average molecular weight is 209 g/mol. The minimum Gasteiger partial charge on any atom is -0.469 e. The van der Waals surface area contributed by atoms with Crippen LogP contribution in [0, 0.1) is 0 Å². The second kappa shape index (κ2) is 3.99. The molecule has 0 spiro atoms. The molecule has 0 aliphatic carbocycles. The molecule has 1 saturated heterocycles.